The molecule has 1 aromatic heterocycles. The first-order valence-corrected chi connectivity index (χ1v) is 4.89. The molecule has 2 rings (SSSR count). The summed E-state index contributed by atoms with van der Waals surface area (Å²) in [5, 5.41) is 0.498. The Hall–Kier alpha value is -1.29. The zero-order chi connectivity index (χ0) is 11.9. The van der Waals surface area contributed by atoms with Crippen molar-refractivity contribution in [3.8, 4) is 0 Å². The molecule has 84 valence electrons. The largest absolute Gasteiger partial charge is 0.418 e. The minimum Gasteiger partial charge on any atom is -0.243 e. The summed E-state index contributed by atoms with van der Waals surface area (Å²) in [6, 6.07) is 4.72. The topological polar surface area (TPSA) is 12.9 Å². The molecule has 0 aliphatic rings. The minimum absolute atomic E-state index is 0.0861. The van der Waals surface area contributed by atoms with Gasteiger partial charge in [-0.25, -0.2) is 4.98 Å². The van der Waals surface area contributed by atoms with Crippen LogP contribution in [0.1, 0.15) is 11.1 Å². The fraction of sp³-hybridized carbons (Fsp3) is 0.182. The van der Waals surface area contributed by atoms with Crippen LogP contribution in [0.25, 0.3) is 10.8 Å². The lowest BCUT2D eigenvalue weighted by Crippen LogP contribution is -2.06. The van der Waals surface area contributed by atoms with Crippen molar-refractivity contribution in [2.45, 2.75) is 13.1 Å². The van der Waals surface area contributed by atoms with E-state index in [1.165, 1.54) is 6.07 Å². The molecule has 0 amide bonds. The van der Waals surface area contributed by atoms with Crippen LogP contribution in [-0.2, 0) is 6.18 Å². The molecule has 1 heterocycles. The van der Waals surface area contributed by atoms with E-state index >= 15 is 0 Å². The molecular weight excluding hydrogens is 239 g/mol. The Morgan fingerprint density at radius 1 is 1.19 bits per heavy atom. The maximum absolute atomic E-state index is 12.7. The van der Waals surface area contributed by atoms with Crippen LogP contribution in [0.4, 0.5) is 13.2 Å². The number of hydrogen-bond acceptors (Lipinski definition) is 1. The minimum atomic E-state index is -4.41. The van der Waals surface area contributed by atoms with Gasteiger partial charge in [0.2, 0.25) is 0 Å². The van der Waals surface area contributed by atoms with Crippen molar-refractivity contribution in [3.05, 3.63) is 40.7 Å². The van der Waals surface area contributed by atoms with Crippen LogP contribution in [-0.4, -0.2) is 4.98 Å². The normalized spacial score (nSPS) is 12.1. The van der Waals surface area contributed by atoms with Crippen LogP contribution in [0, 0.1) is 6.92 Å². The van der Waals surface area contributed by atoms with Crippen molar-refractivity contribution in [1.82, 2.24) is 4.98 Å². The maximum atomic E-state index is 12.7. The van der Waals surface area contributed by atoms with Gasteiger partial charge >= 0.3 is 6.18 Å². The van der Waals surface area contributed by atoms with Gasteiger partial charge in [0, 0.05) is 11.6 Å². The van der Waals surface area contributed by atoms with Gasteiger partial charge in [-0.1, -0.05) is 35.4 Å². The van der Waals surface area contributed by atoms with E-state index in [1.54, 1.807) is 19.1 Å². The molecule has 2 aromatic rings. The van der Waals surface area contributed by atoms with Crippen LogP contribution in [0.5, 0.6) is 0 Å². The van der Waals surface area contributed by atoms with E-state index in [-0.39, 0.29) is 10.5 Å². The predicted molar refractivity (Wildman–Crippen MR) is 56.5 cm³/mol. The van der Waals surface area contributed by atoms with Gasteiger partial charge in [0.05, 0.1) is 5.56 Å². The molecule has 16 heavy (non-hydrogen) atoms. The third kappa shape index (κ3) is 1.85. The number of aromatic nitrogens is 1. The van der Waals surface area contributed by atoms with Crippen molar-refractivity contribution in [1.29, 1.82) is 0 Å². The Balaban J connectivity index is 2.86. The molecule has 0 atom stereocenters. The molecule has 0 saturated carbocycles. The molecule has 0 aliphatic carbocycles. The molecule has 0 unspecified atom stereocenters. The average molecular weight is 246 g/mol. The first kappa shape index (κ1) is 11.2. The highest BCUT2D eigenvalue weighted by atomic mass is 35.5. The van der Waals surface area contributed by atoms with Crippen LogP contribution in [0.2, 0.25) is 5.15 Å². The van der Waals surface area contributed by atoms with E-state index in [2.05, 4.69) is 4.98 Å². The van der Waals surface area contributed by atoms with Crippen LogP contribution in [0.15, 0.2) is 24.4 Å². The second-order valence-corrected chi connectivity index (χ2v) is 3.87. The molecular formula is C11H7ClF3N. The summed E-state index contributed by atoms with van der Waals surface area (Å²) in [7, 11) is 0. The van der Waals surface area contributed by atoms with Gasteiger partial charge in [-0.3, -0.25) is 0 Å². The third-order valence-corrected chi connectivity index (χ3v) is 2.60. The summed E-state index contributed by atoms with van der Waals surface area (Å²) in [6.45, 7) is 1.73. The van der Waals surface area contributed by atoms with E-state index in [0.717, 1.165) is 11.8 Å². The van der Waals surface area contributed by atoms with Gasteiger partial charge in [0.25, 0.3) is 0 Å². The van der Waals surface area contributed by atoms with Gasteiger partial charge < -0.3 is 0 Å². The van der Waals surface area contributed by atoms with E-state index in [1.807, 2.05) is 0 Å². The van der Waals surface area contributed by atoms with Crippen LogP contribution < -0.4 is 0 Å². The van der Waals surface area contributed by atoms with Gasteiger partial charge in [0.15, 0.2) is 0 Å². The molecule has 0 spiro atoms. The highest BCUT2D eigenvalue weighted by molar-refractivity contribution is 6.34. The number of pyridine rings is 1. The van der Waals surface area contributed by atoms with Gasteiger partial charge in [-0.05, 0) is 12.3 Å². The van der Waals surface area contributed by atoms with E-state index < -0.39 is 11.7 Å². The molecule has 1 nitrogen and oxygen atoms in total. The van der Waals surface area contributed by atoms with E-state index in [4.69, 9.17) is 11.6 Å². The second-order valence-electron chi connectivity index (χ2n) is 3.51. The maximum Gasteiger partial charge on any atom is 0.418 e. The Kier molecular flexibility index (Phi) is 2.54. The van der Waals surface area contributed by atoms with Crippen molar-refractivity contribution in [2.75, 3.05) is 0 Å². The highest BCUT2D eigenvalue weighted by Crippen LogP contribution is 2.36. The van der Waals surface area contributed by atoms with Crippen molar-refractivity contribution >= 4 is 22.4 Å². The van der Waals surface area contributed by atoms with Crippen molar-refractivity contribution < 1.29 is 13.2 Å². The Labute approximate surface area is 94.9 Å². The molecule has 0 aliphatic heterocycles. The number of halogens is 4. The Bertz CT molecular complexity index is 549. The fourth-order valence-corrected chi connectivity index (χ4v) is 1.76. The van der Waals surface area contributed by atoms with E-state index in [0.29, 0.717) is 5.39 Å². The zero-order valence-corrected chi connectivity index (χ0v) is 9.02. The lowest BCUT2D eigenvalue weighted by molar-refractivity contribution is -0.136. The summed E-state index contributed by atoms with van der Waals surface area (Å²) >= 11 is 5.75. The SMILES string of the molecule is Cc1ccc2c(Cl)ncc(C(F)(F)F)c2c1. The summed E-state index contributed by atoms with van der Waals surface area (Å²) in [5.74, 6) is 0. The average Bonchev–Trinajstić information content (AvgIpc) is 2.15. The third-order valence-electron chi connectivity index (χ3n) is 2.30. The first-order chi connectivity index (χ1) is 7.39. The molecule has 1 aromatic carbocycles. The summed E-state index contributed by atoms with van der Waals surface area (Å²) in [5.41, 5.74) is -0.00383. The number of fused-ring (bicyclic) bond motifs is 1. The second kappa shape index (κ2) is 3.63. The van der Waals surface area contributed by atoms with E-state index in [9.17, 15) is 13.2 Å². The number of aryl methyl sites for hydroxylation is 1. The van der Waals surface area contributed by atoms with Gasteiger partial charge in [-0.15, -0.1) is 0 Å². The number of nitrogens with zero attached hydrogens (tertiary/aromatic N) is 1. The first-order valence-electron chi connectivity index (χ1n) is 4.51. The number of benzene rings is 1. The quantitative estimate of drug-likeness (QED) is 0.634. The summed E-state index contributed by atoms with van der Waals surface area (Å²) in [6.07, 6.45) is -3.65. The number of rotatable bonds is 0. The summed E-state index contributed by atoms with van der Waals surface area (Å²) < 4.78 is 38.1. The molecule has 0 radical (unpaired) electrons. The van der Waals surface area contributed by atoms with Gasteiger partial charge in [0.1, 0.15) is 5.15 Å². The molecule has 0 bridgehead atoms. The van der Waals surface area contributed by atoms with Crippen molar-refractivity contribution in [3.63, 3.8) is 0 Å². The Morgan fingerprint density at radius 3 is 2.50 bits per heavy atom. The molecule has 0 saturated heterocycles. The zero-order valence-electron chi connectivity index (χ0n) is 8.27. The van der Waals surface area contributed by atoms with Crippen LogP contribution >= 0.6 is 11.6 Å². The monoisotopic (exact) mass is 245 g/mol. The van der Waals surface area contributed by atoms with Gasteiger partial charge in [-0.2, -0.15) is 13.2 Å². The predicted octanol–water partition coefficient (Wildman–Crippen LogP) is 4.22. The molecule has 0 N–H and O–H groups in total. The smallest absolute Gasteiger partial charge is 0.243 e. The number of alkyl halides is 3. The molecule has 5 heteroatoms. The summed E-state index contributed by atoms with van der Waals surface area (Å²) in [4.78, 5) is 3.55. The Morgan fingerprint density at radius 2 is 1.88 bits per heavy atom. The molecule has 0 fully saturated rings. The number of hydrogen-bond donors (Lipinski definition) is 0. The standard InChI is InChI=1S/C11H7ClF3N/c1-6-2-3-7-8(4-6)9(11(13,14)15)5-16-10(7)12/h2-5H,1H3. The lowest BCUT2D eigenvalue weighted by atomic mass is 10.1. The van der Waals surface area contributed by atoms with Crippen molar-refractivity contribution in [2.24, 2.45) is 0 Å². The highest BCUT2D eigenvalue weighted by Gasteiger charge is 2.33. The fourth-order valence-electron chi connectivity index (χ4n) is 1.55. The van der Waals surface area contributed by atoms with Crippen LogP contribution in [0.3, 0.4) is 0 Å². The lowest BCUT2D eigenvalue weighted by Gasteiger charge is -2.11.